The molecule has 3 nitrogen and oxygen atoms in total. The maximum Gasteiger partial charge on any atom is 0.0739 e. The van der Waals surface area contributed by atoms with Crippen molar-refractivity contribution in [2.24, 2.45) is 5.92 Å². The summed E-state index contributed by atoms with van der Waals surface area (Å²) >= 11 is 3.64. The van der Waals surface area contributed by atoms with Crippen LogP contribution in [0, 0.1) is 12.8 Å². The Balaban J connectivity index is 2.43. The highest BCUT2D eigenvalue weighted by atomic mass is 79.9. The first-order valence-electron chi connectivity index (χ1n) is 7.40. The lowest BCUT2D eigenvalue weighted by Gasteiger charge is -2.15. The van der Waals surface area contributed by atoms with E-state index in [1.54, 1.807) is 0 Å². The van der Waals surface area contributed by atoms with Crippen LogP contribution in [0.3, 0.4) is 0 Å². The first-order chi connectivity index (χ1) is 8.95. The second-order valence-corrected chi connectivity index (χ2v) is 6.56. The van der Waals surface area contributed by atoms with E-state index < -0.39 is 0 Å². The Morgan fingerprint density at radius 2 is 1.95 bits per heavy atom. The van der Waals surface area contributed by atoms with Gasteiger partial charge in [0.05, 0.1) is 15.9 Å². The molecule has 0 bridgehead atoms. The Bertz CT molecular complexity index is 385. The standard InChI is InChI=1S/C15H28BrN3/c1-6-19-14(15(16)13(5)18-19)10-17-12(4)9-7-8-11(2)3/h11-12,17H,6-10H2,1-5H3. The summed E-state index contributed by atoms with van der Waals surface area (Å²) in [5.41, 5.74) is 2.34. The fourth-order valence-electron chi connectivity index (χ4n) is 2.24. The Morgan fingerprint density at radius 3 is 2.53 bits per heavy atom. The van der Waals surface area contributed by atoms with Gasteiger partial charge in [0.15, 0.2) is 0 Å². The number of halogens is 1. The summed E-state index contributed by atoms with van der Waals surface area (Å²) in [6.07, 6.45) is 3.87. The molecule has 0 aliphatic rings. The van der Waals surface area contributed by atoms with E-state index in [1.165, 1.54) is 25.0 Å². The monoisotopic (exact) mass is 329 g/mol. The number of hydrogen-bond acceptors (Lipinski definition) is 2. The van der Waals surface area contributed by atoms with Gasteiger partial charge in [-0.25, -0.2) is 0 Å². The molecule has 1 unspecified atom stereocenters. The third kappa shape index (κ3) is 5.27. The predicted molar refractivity (Wildman–Crippen MR) is 85.3 cm³/mol. The second kappa shape index (κ2) is 8.05. The van der Waals surface area contributed by atoms with Crippen molar-refractivity contribution < 1.29 is 0 Å². The summed E-state index contributed by atoms with van der Waals surface area (Å²) in [4.78, 5) is 0. The van der Waals surface area contributed by atoms with E-state index in [2.05, 4.69) is 58.7 Å². The van der Waals surface area contributed by atoms with Crippen LogP contribution < -0.4 is 5.32 Å². The molecular weight excluding hydrogens is 302 g/mol. The van der Waals surface area contributed by atoms with Gasteiger partial charge >= 0.3 is 0 Å². The predicted octanol–water partition coefficient (Wildman–Crippen LogP) is 4.28. The van der Waals surface area contributed by atoms with Crippen molar-refractivity contribution in [3.8, 4) is 0 Å². The van der Waals surface area contributed by atoms with Crippen molar-refractivity contribution >= 4 is 15.9 Å². The van der Waals surface area contributed by atoms with Gasteiger partial charge in [-0.15, -0.1) is 0 Å². The van der Waals surface area contributed by atoms with Gasteiger partial charge in [0.2, 0.25) is 0 Å². The molecular formula is C15H28BrN3. The zero-order valence-electron chi connectivity index (χ0n) is 13.0. The molecule has 0 amide bonds. The van der Waals surface area contributed by atoms with Gasteiger partial charge in [0, 0.05) is 19.1 Å². The molecule has 0 aliphatic carbocycles. The smallest absolute Gasteiger partial charge is 0.0739 e. The first kappa shape index (κ1) is 16.7. The summed E-state index contributed by atoms with van der Waals surface area (Å²) in [6, 6.07) is 0.561. The molecule has 1 aromatic rings. The summed E-state index contributed by atoms with van der Waals surface area (Å²) in [6.45, 7) is 12.8. The molecule has 1 atom stereocenters. The SMILES string of the molecule is CCn1nc(C)c(Br)c1CNC(C)CCCC(C)C. The zero-order valence-corrected chi connectivity index (χ0v) is 14.5. The van der Waals surface area contributed by atoms with Crippen molar-refractivity contribution in [3.05, 3.63) is 15.9 Å². The number of hydrogen-bond donors (Lipinski definition) is 1. The van der Waals surface area contributed by atoms with Crippen LogP contribution in [0.1, 0.15) is 58.3 Å². The third-order valence-electron chi connectivity index (χ3n) is 3.49. The first-order valence-corrected chi connectivity index (χ1v) is 8.20. The van der Waals surface area contributed by atoms with Crippen molar-refractivity contribution in [3.63, 3.8) is 0 Å². The van der Waals surface area contributed by atoms with E-state index in [-0.39, 0.29) is 0 Å². The summed E-state index contributed by atoms with van der Waals surface area (Å²) in [7, 11) is 0. The van der Waals surface area contributed by atoms with Gasteiger partial charge in [-0.1, -0.05) is 26.7 Å². The quantitative estimate of drug-likeness (QED) is 0.771. The Labute approximate surface area is 126 Å². The van der Waals surface area contributed by atoms with Crippen LogP contribution in [0.4, 0.5) is 0 Å². The molecule has 4 heteroatoms. The molecule has 0 aromatic carbocycles. The lowest BCUT2D eigenvalue weighted by molar-refractivity contribution is 0.448. The highest BCUT2D eigenvalue weighted by Gasteiger charge is 2.12. The van der Waals surface area contributed by atoms with Crippen LogP contribution >= 0.6 is 15.9 Å². The molecule has 1 N–H and O–H groups in total. The van der Waals surface area contributed by atoms with Crippen LogP contribution in [-0.4, -0.2) is 15.8 Å². The second-order valence-electron chi connectivity index (χ2n) is 5.77. The molecule has 110 valence electrons. The van der Waals surface area contributed by atoms with Gasteiger partial charge in [-0.3, -0.25) is 4.68 Å². The van der Waals surface area contributed by atoms with Gasteiger partial charge in [0.25, 0.3) is 0 Å². The molecule has 0 saturated carbocycles. The van der Waals surface area contributed by atoms with Crippen molar-refractivity contribution in [2.75, 3.05) is 0 Å². The average Bonchev–Trinajstić information content (AvgIpc) is 2.62. The van der Waals surface area contributed by atoms with E-state index in [4.69, 9.17) is 0 Å². The average molecular weight is 330 g/mol. The Hall–Kier alpha value is -0.350. The largest absolute Gasteiger partial charge is 0.309 e. The van der Waals surface area contributed by atoms with Crippen molar-refractivity contribution in [2.45, 2.75) is 73.0 Å². The normalized spacial score (nSPS) is 13.2. The Morgan fingerprint density at radius 1 is 1.26 bits per heavy atom. The lowest BCUT2D eigenvalue weighted by atomic mass is 10.0. The van der Waals surface area contributed by atoms with E-state index in [0.29, 0.717) is 6.04 Å². The highest BCUT2D eigenvalue weighted by molar-refractivity contribution is 9.10. The van der Waals surface area contributed by atoms with Crippen LogP contribution in [0.25, 0.3) is 0 Å². The molecule has 0 saturated heterocycles. The van der Waals surface area contributed by atoms with E-state index in [9.17, 15) is 0 Å². The van der Waals surface area contributed by atoms with Crippen LogP contribution in [-0.2, 0) is 13.1 Å². The molecule has 0 fully saturated rings. The molecule has 1 rings (SSSR count). The van der Waals surface area contributed by atoms with E-state index >= 15 is 0 Å². The summed E-state index contributed by atoms with van der Waals surface area (Å²) in [5, 5.41) is 8.13. The third-order valence-corrected chi connectivity index (χ3v) is 4.52. The zero-order chi connectivity index (χ0) is 14.4. The minimum absolute atomic E-state index is 0.561. The number of nitrogens with zero attached hydrogens (tertiary/aromatic N) is 2. The highest BCUT2D eigenvalue weighted by Crippen LogP contribution is 2.21. The molecule has 0 aliphatic heterocycles. The number of aromatic nitrogens is 2. The summed E-state index contributed by atoms with van der Waals surface area (Å²) in [5.74, 6) is 0.811. The minimum atomic E-state index is 0.561. The molecule has 1 heterocycles. The van der Waals surface area contributed by atoms with Crippen LogP contribution in [0.2, 0.25) is 0 Å². The van der Waals surface area contributed by atoms with Crippen molar-refractivity contribution in [1.29, 1.82) is 0 Å². The molecule has 0 spiro atoms. The molecule has 1 aromatic heterocycles. The molecule has 19 heavy (non-hydrogen) atoms. The fraction of sp³-hybridized carbons (Fsp3) is 0.800. The van der Waals surface area contributed by atoms with E-state index in [1.807, 2.05) is 6.92 Å². The van der Waals surface area contributed by atoms with Crippen LogP contribution in [0.15, 0.2) is 4.47 Å². The van der Waals surface area contributed by atoms with Gasteiger partial charge < -0.3 is 5.32 Å². The van der Waals surface area contributed by atoms with Gasteiger partial charge in [-0.2, -0.15) is 5.10 Å². The van der Waals surface area contributed by atoms with E-state index in [0.717, 1.165) is 29.2 Å². The van der Waals surface area contributed by atoms with Gasteiger partial charge in [0.1, 0.15) is 0 Å². The Kier molecular flexibility index (Phi) is 7.08. The minimum Gasteiger partial charge on any atom is -0.309 e. The van der Waals surface area contributed by atoms with Crippen LogP contribution in [0.5, 0.6) is 0 Å². The van der Waals surface area contributed by atoms with Gasteiger partial charge in [-0.05, 0) is 49.0 Å². The topological polar surface area (TPSA) is 29.9 Å². The number of aryl methyl sites for hydroxylation is 2. The fourth-order valence-corrected chi connectivity index (χ4v) is 2.67. The maximum absolute atomic E-state index is 4.52. The maximum atomic E-state index is 4.52. The van der Waals surface area contributed by atoms with Crippen molar-refractivity contribution in [1.82, 2.24) is 15.1 Å². The summed E-state index contributed by atoms with van der Waals surface area (Å²) < 4.78 is 3.23. The lowest BCUT2D eigenvalue weighted by Crippen LogP contribution is -2.27. The number of rotatable bonds is 8. The number of nitrogens with one attached hydrogen (secondary N) is 1. The molecule has 0 radical (unpaired) electrons.